The van der Waals surface area contributed by atoms with Crippen LogP contribution in [0.2, 0.25) is 5.02 Å². The number of benzene rings is 2. The number of amides is 1. The Kier molecular flexibility index (Phi) is 7.33. The minimum Gasteiger partial charge on any atom is -0.348 e. The quantitative estimate of drug-likeness (QED) is 0.695. The lowest BCUT2D eigenvalue weighted by Gasteiger charge is -2.33. The van der Waals surface area contributed by atoms with Crippen molar-refractivity contribution in [3.8, 4) is 0 Å². The molecule has 0 aromatic heterocycles. The molecule has 156 valence electrons. The summed E-state index contributed by atoms with van der Waals surface area (Å²) in [4.78, 5) is 13.0. The first-order valence-electron chi connectivity index (χ1n) is 9.99. The third-order valence-electron chi connectivity index (χ3n) is 5.38. The van der Waals surface area contributed by atoms with E-state index in [0.717, 1.165) is 37.7 Å². The number of halogens is 1. The van der Waals surface area contributed by atoms with Gasteiger partial charge in [0.25, 0.3) is 0 Å². The van der Waals surface area contributed by atoms with Crippen LogP contribution in [-0.2, 0) is 14.8 Å². The molecule has 2 aromatic rings. The van der Waals surface area contributed by atoms with Gasteiger partial charge in [0, 0.05) is 11.1 Å². The van der Waals surface area contributed by atoms with E-state index in [-0.39, 0.29) is 29.4 Å². The second-order valence-electron chi connectivity index (χ2n) is 7.50. The molecule has 1 amide bonds. The number of nitrogens with zero attached hydrogens (tertiary/aromatic N) is 1. The molecule has 1 aliphatic rings. The van der Waals surface area contributed by atoms with Gasteiger partial charge < -0.3 is 5.32 Å². The van der Waals surface area contributed by atoms with E-state index in [9.17, 15) is 13.2 Å². The minimum absolute atomic E-state index is 0.148. The molecule has 0 aliphatic heterocycles. The third kappa shape index (κ3) is 5.59. The summed E-state index contributed by atoms with van der Waals surface area (Å²) in [5.41, 5.74) is 0.915. The molecule has 0 bridgehead atoms. The molecule has 29 heavy (non-hydrogen) atoms. The Morgan fingerprint density at radius 3 is 2.31 bits per heavy atom. The highest BCUT2D eigenvalue weighted by Gasteiger charge is 2.34. The topological polar surface area (TPSA) is 66.5 Å². The first-order valence-corrected chi connectivity index (χ1v) is 11.8. The number of carbonyl (C=O) groups is 1. The number of hydrogen-bond acceptors (Lipinski definition) is 3. The third-order valence-corrected chi connectivity index (χ3v) is 7.54. The van der Waals surface area contributed by atoms with Gasteiger partial charge in [0.2, 0.25) is 15.9 Å². The van der Waals surface area contributed by atoms with Crippen molar-refractivity contribution in [2.75, 3.05) is 6.54 Å². The molecule has 0 spiro atoms. The van der Waals surface area contributed by atoms with Gasteiger partial charge in [0.05, 0.1) is 17.5 Å². The Morgan fingerprint density at radius 2 is 1.69 bits per heavy atom. The lowest BCUT2D eigenvalue weighted by molar-refractivity contribution is -0.122. The van der Waals surface area contributed by atoms with Crippen LogP contribution >= 0.6 is 11.6 Å². The Balaban J connectivity index is 1.77. The van der Waals surface area contributed by atoms with Crippen molar-refractivity contribution in [3.05, 3.63) is 65.2 Å². The van der Waals surface area contributed by atoms with Crippen LogP contribution in [0.4, 0.5) is 0 Å². The first kappa shape index (κ1) is 21.8. The molecule has 1 saturated carbocycles. The molecule has 1 aliphatic carbocycles. The van der Waals surface area contributed by atoms with E-state index < -0.39 is 10.0 Å². The number of sulfonamides is 1. The molecule has 7 heteroatoms. The van der Waals surface area contributed by atoms with Gasteiger partial charge in [0.15, 0.2) is 0 Å². The maximum absolute atomic E-state index is 13.3. The minimum atomic E-state index is -3.75. The Bertz CT molecular complexity index is 911. The fraction of sp³-hybridized carbons (Fsp3) is 0.409. The highest BCUT2D eigenvalue weighted by Crippen LogP contribution is 2.28. The van der Waals surface area contributed by atoms with Crippen LogP contribution in [0.3, 0.4) is 0 Å². The number of hydrogen-bond donors (Lipinski definition) is 1. The lowest BCUT2D eigenvalue weighted by atomic mass is 9.95. The van der Waals surface area contributed by atoms with Crippen LogP contribution in [0.15, 0.2) is 59.5 Å². The monoisotopic (exact) mass is 434 g/mol. The van der Waals surface area contributed by atoms with E-state index in [1.165, 1.54) is 4.31 Å². The molecular weight excluding hydrogens is 408 g/mol. The van der Waals surface area contributed by atoms with Gasteiger partial charge >= 0.3 is 0 Å². The first-order chi connectivity index (χ1) is 13.9. The fourth-order valence-corrected chi connectivity index (χ4v) is 5.56. The normalized spacial score (nSPS) is 16.5. The zero-order valence-corrected chi connectivity index (χ0v) is 18.1. The zero-order chi connectivity index (χ0) is 20.9. The van der Waals surface area contributed by atoms with Gasteiger partial charge in [-0.3, -0.25) is 4.79 Å². The predicted molar refractivity (Wildman–Crippen MR) is 115 cm³/mol. The average molecular weight is 435 g/mol. The summed E-state index contributed by atoms with van der Waals surface area (Å²) in [7, 11) is -3.75. The second kappa shape index (κ2) is 9.74. The van der Waals surface area contributed by atoms with Crippen molar-refractivity contribution in [3.63, 3.8) is 0 Å². The van der Waals surface area contributed by atoms with Crippen LogP contribution in [0.5, 0.6) is 0 Å². The maximum Gasteiger partial charge on any atom is 0.243 e. The van der Waals surface area contributed by atoms with Crippen LogP contribution in [0.25, 0.3) is 0 Å². The summed E-state index contributed by atoms with van der Waals surface area (Å²) in [6.45, 7) is 1.69. The SMILES string of the molecule is CC(NC(=O)CN(C1CCCCC1)S(=O)(=O)c1ccccc1)c1ccc(Cl)cc1. The van der Waals surface area contributed by atoms with Crippen molar-refractivity contribution in [2.45, 2.75) is 56.0 Å². The van der Waals surface area contributed by atoms with Crippen molar-refractivity contribution in [2.24, 2.45) is 0 Å². The molecule has 3 rings (SSSR count). The molecule has 0 heterocycles. The molecule has 2 aromatic carbocycles. The van der Waals surface area contributed by atoms with Crippen molar-refractivity contribution in [1.82, 2.24) is 9.62 Å². The highest BCUT2D eigenvalue weighted by atomic mass is 35.5. The standard InChI is InChI=1S/C22H27ClN2O3S/c1-17(18-12-14-19(23)15-13-18)24-22(26)16-25(20-8-4-2-5-9-20)29(27,28)21-10-6-3-7-11-21/h3,6-7,10-15,17,20H,2,4-5,8-9,16H2,1H3,(H,24,26). The van der Waals surface area contributed by atoms with Crippen molar-refractivity contribution in [1.29, 1.82) is 0 Å². The molecule has 5 nitrogen and oxygen atoms in total. The summed E-state index contributed by atoms with van der Waals surface area (Å²) >= 11 is 5.92. The second-order valence-corrected chi connectivity index (χ2v) is 9.82. The van der Waals surface area contributed by atoms with Crippen molar-refractivity contribution < 1.29 is 13.2 Å². The van der Waals surface area contributed by atoms with Crippen LogP contribution in [0.1, 0.15) is 50.6 Å². The van der Waals surface area contributed by atoms with Gasteiger partial charge in [0.1, 0.15) is 0 Å². The van der Waals surface area contributed by atoms with E-state index in [0.29, 0.717) is 5.02 Å². The van der Waals surface area contributed by atoms with Crippen LogP contribution in [0, 0.1) is 0 Å². The molecular formula is C22H27ClN2O3S. The Labute approximate surface area is 178 Å². The van der Waals surface area contributed by atoms with E-state index in [2.05, 4.69) is 5.32 Å². The molecule has 1 unspecified atom stereocenters. The predicted octanol–water partition coefficient (Wildman–Crippen LogP) is 4.54. The summed E-state index contributed by atoms with van der Waals surface area (Å²) in [6.07, 6.45) is 4.64. The van der Waals surface area contributed by atoms with E-state index >= 15 is 0 Å². The number of rotatable bonds is 7. The summed E-state index contributed by atoms with van der Waals surface area (Å²) < 4.78 is 28.0. The van der Waals surface area contributed by atoms with Crippen LogP contribution in [-0.4, -0.2) is 31.2 Å². The van der Waals surface area contributed by atoms with Gasteiger partial charge in [-0.25, -0.2) is 8.42 Å². The van der Waals surface area contributed by atoms with Gasteiger partial charge in [-0.1, -0.05) is 61.2 Å². The highest BCUT2D eigenvalue weighted by molar-refractivity contribution is 7.89. The van der Waals surface area contributed by atoms with E-state index in [1.807, 2.05) is 19.1 Å². The average Bonchev–Trinajstić information content (AvgIpc) is 2.73. The smallest absolute Gasteiger partial charge is 0.243 e. The molecule has 1 N–H and O–H groups in total. The van der Waals surface area contributed by atoms with Gasteiger partial charge in [-0.15, -0.1) is 0 Å². The van der Waals surface area contributed by atoms with Gasteiger partial charge in [-0.2, -0.15) is 4.31 Å². The summed E-state index contributed by atoms with van der Waals surface area (Å²) in [5, 5.41) is 3.55. The fourth-order valence-electron chi connectivity index (χ4n) is 3.77. The largest absolute Gasteiger partial charge is 0.348 e. The summed E-state index contributed by atoms with van der Waals surface area (Å²) in [6, 6.07) is 15.2. The summed E-state index contributed by atoms with van der Waals surface area (Å²) in [5.74, 6) is -0.308. The van der Waals surface area contributed by atoms with Crippen molar-refractivity contribution >= 4 is 27.5 Å². The maximum atomic E-state index is 13.3. The van der Waals surface area contributed by atoms with Crippen LogP contribution < -0.4 is 5.32 Å². The number of nitrogens with one attached hydrogen (secondary N) is 1. The molecule has 0 saturated heterocycles. The molecule has 0 radical (unpaired) electrons. The number of carbonyl (C=O) groups excluding carboxylic acids is 1. The lowest BCUT2D eigenvalue weighted by Crippen LogP contribution is -2.47. The molecule has 1 atom stereocenters. The Hall–Kier alpha value is -1.89. The van der Waals surface area contributed by atoms with Gasteiger partial charge in [-0.05, 0) is 49.6 Å². The van der Waals surface area contributed by atoms with E-state index in [4.69, 9.17) is 11.6 Å². The Morgan fingerprint density at radius 1 is 1.07 bits per heavy atom. The molecule has 1 fully saturated rings. The zero-order valence-electron chi connectivity index (χ0n) is 16.6. The van der Waals surface area contributed by atoms with E-state index in [1.54, 1.807) is 42.5 Å².